The molecule has 1 aliphatic heterocycles. The molecule has 0 spiro atoms. The van der Waals surface area contributed by atoms with Gasteiger partial charge < -0.3 is 13.9 Å². The van der Waals surface area contributed by atoms with E-state index in [0.29, 0.717) is 0 Å². The van der Waals surface area contributed by atoms with Crippen LogP contribution >= 0.6 is 11.3 Å². The van der Waals surface area contributed by atoms with E-state index < -0.39 is 0 Å². The fourth-order valence-corrected chi connectivity index (χ4v) is 2.91. The van der Waals surface area contributed by atoms with Gasteiger partial charge in [-0.2, -0.15) is 11.3 Å². The van der Waals surface area contributed by atoms with Gasteiger partial charge in [0.2, 0.25) is 0 Å². The quantitative estimate of drug-likeness (QED) is 0.787. The Kier molecular flexibility index (Phi) is 2.89. The fourth-order valence-electron chi connectivity index (χ4n) is 2.07. The van der Waals surface area contributed by atoms with Gasteiger partial charge in [0.25, 0.3) is 0 Å². The number of thiophene rings is 1. The lowest BCUT2D eigenvalue weighted by atomic mass is 9.88. The van der Waals surface area contributed by atoms with Crippen LogP contribution in [0, 0.1) is 0 Å². The van der Waals surface area contributed by atoms with Gasteiger partial charge in [-0.15, -0.1) is 0 Å². The molecule has 1 fully saturated rings. The van der Waals surface area contributed by atoms with E-state index in [1.807, 2.05) is 24.5 Å². The van der Waals surface area contributed by atoms with Crippen LogP contribution < -0.4 is 4.78 Å². The molecule has 0 saturated carbocycles. The topological polar surface area (TPSA) is 23.4 Å². The van der Waals surface area contributed by atoms with Crippen molar-refractivity contribution in [3.8, 4) is 5.69 Å². The SMILES string of the molecule is CC1(C)OB(c2cc(-n3cccc3)cs2)OC1(C)C. The van der Waals surface area contributed by atoms with Crippen molar-refractivity contribution in [3.05, 3.63) is 36.0 Å². The Bertz CT molecular complexity index is 558. The largest absolute Gasteiger partial charge is 0.505 e. The lowest BCUT2D eigenvalue weighted by molar-refractivity contribution is 0.00578. The van der Waals surface area contributed by atoms with Crippen molar-refractivity contribution in [1.82, 2.24) is 4.57 Å². The standard InChI is InChI=1S/C14H18BNO2S/c1-13(2)14(3,4)18-15(17-13)12-9-11(10-19-12)16-7-5-6-8-16/h5-10H,1-4H3. The zero-order valence-corrected chi connectivity index (χ0v) is 12.5. The molecule has 2 aromatic rings. The summed E-state index contributed by atoms with van der Waals surface area (Å²) in [5.74, 6) is 0. The van der Waals surface area contributed by atoms with Crippen molar-refractivity contribution in [2.24, 2.45) is 0 Å². The lowest BCUT2D eigenvalue weighted by Crippen LogP contribution is -2.41. The Balaban J connectivity index is 1.85. The third-order valence-electron chi connectivity index (χ3n) is 3.99. The van der Waals surface area contributed by atoms with Gasteiger partial charge in [0.15, 0.2) is 0 Å². The van der Waals surface area contributed by atoms with Gasteiger partial charge in [0, 0.05) is 22.6 Å². The van der Waals surface area contributed by atoms with Gasteiger partial charge in [0.1, 0.15) is 0 Å². The minimum absolute atomic E-state index is 0.265. The summed E-state index contributed by atoms with van der Waals surface area (Å²) >= 11 is 1.68. The molecule has 0 atom stereocenters. The number of hydrogen-bond acceptors (Lipinski definition) is 3. The van der Waals surface area contributed by atoms with Crippen LogP contribution in [-0.2, 0) is 9.31 Å². The highest BCUT2D eigenvalue weighted by atomic mass is 32.1. The summed E-state index contributed by atoms with van der Waals surface area (Å²) < 4.78 is 15.3. The van der Waals surface area contributed by atoms with Crippen LogP contribution in [0.5, 0.6) is 0 Å². The van der Waals surface area contributed by atoms with Crippen molar-refractivity contribution in [2.45, 2.75) is 38.9 Å². The summed E-state index contributed by atoms with van der Waals surface area (Å²) in [5.41, 5.74) is 0.588. The minimum atomic E-state index is -0.282. The summed E-state index contributed by atoms with van der Waals surface area (Å²) in [7, 11) is -0.265. The molecule has 0 amide bonds. The monoisotopic (exact) mass is 275 g/mol. The zero-order valence-electron chi connectivity index (χ0n) is 11.7. The molecule has 100 valence electrons. The molecule has 3 rings (SSSR count). The van der Waals surface area contributed by atoms with Gasteiger partial charge in [-0.05, 0) is 45.9 Å². The summed E-state index contributed by atoms with van der Waals surface area (Å²) in [6, 6.07) is 6.17. The molecule has 3 nitrogen and oxygen atoms in total. The number of hydrogen-bond donors (Lipinski definition) is 0. The number of nitrogens with zero attached hydrogens (tertiary/aromatic N) is 1. The van der Waals surface area contributed by atoms with E-state index in [9.17, 15) is 0 Å². The number of aromatic nitrogens is 1. The first-order valence-electron chi connectivity index (χ1n) is 6.46. The smallest absolute Gasteiger partial charge is 0.399 e. The van der Waals surface area contributed by atoms with Gasteiger partial charge in [-0.3, -0.25) is 0 Å². The second-order valence-electron chi connectivity index (χ2n) is 5.89. The van der Waals surface area contributed by atoms with Gasteiger partial charge >= 0.3 is 7.12 Å². The highest BCUT2D eigenvalue weighted by Crippen LogP contribution is 2.37. The Hall–Kier alpha value is -1.04. The average Bonchev–Trinajstić information content (AvgIpc) is 3.00. The maximum Gasteiger partial charge on any atom is 0.505 e. The lowest BCUT2D eigenvalue weighted by Gasteiger charge is -2.32. The van der Waals surface area contributed by atoms with Crippen molar-refractivity contribution >= 4 is 23.2 Å². The molecule has 19 heavy (non-hydrogen) atoms. The van der Waals surface area contributed by atoms with E-state index in [2.05, 4.69) is 43.7 Å². The Morgan fingerprint density at radius 3 is 2.21 bits per heavy atom. The number of rotatable bonds is 2. The van der Waals surface area contributed by atoms with Crippen molar-refractivity contribution in [1.29, 1.82) is 0 Å². The average molecular weight is 275 g/mol. The van der Waals surface area contributed by atoms with E-state index in [4.69, 9.17) is 9.31 Å². The zero-order chi connectivity index (χ0) is 13.7. The first-order valence-corrected chi connectivity index (χ1v) is 7.34. The minimum Gasteiger partial charge on any atom is -0.399 e. The molecule has 0 N–H and O–H groups in total. The molecule has 0 unspecified atom stereocenters. The van der Waals surface area contributed by atoms with Gasteiger partial charge in [-0.1, -0.05) is 0 Å². The Labute approximate surface area is 118 Å². The first kappa shape index (κ1) is 13.0. The summed E-state index contributed by atoms with van der Waals surface area (Å²) in [4.78, 5) is 0. The molecular weight excluding hydrogens is 257 g/mol. The molecule has 0 aliphatic carbocycles. The molecule has 0 bridgehead atoms. The van der Waals surface area contributed by atoms with Gasteiger partial charge in [-0.25, -0.2) is 0 Å². The van der Waals surface area contributed by atoms with Crippen LogP contribution in [0.1, 0.15) is 27.7 Å². The van der Waals surface area contributed by atoms with Crippen LogP contribution in [0.25, 0.3) is 5.69 Å². The maximum atomic E-state index is 6.06. The van der Waals surface area contributed by atoms with E-state index in [1.165, 1.54) is 0 Å². The second kappa shape index (κ2) is 4.23. The van der Waals surface area contributed by atoms with Crippen molar-refractivity contribution in [2.75, 3.05) is 0 Å². The Morgan fingerprint density at radius 1 is 1.05 bits per heavy atom. The molecule has 1 saturated heterocycles. The van der Waals surface area contributed by atoms with E-state index in [1.54, 1.807) is 11.3 Å². The van der Waals surface area contributed by atoms with Crippen LogP contribution in [0.15, 0.2) is 36.0 Å². The second-order valence-corrected chi connectivity index (χ2v) is 6.83. The molecule has 5 heteroatoms. The van der Waals surface area contributed by atoms with Crippen LogP contribution in [0.4, 0.5) is 0 Å². The van der Waals surface area contributed by atoms with Crippen molar-refractivity contribution < 1.29 is 9.31 Å². The third kappa shape index (κ3) is 2.16. The molecule has 2 aromatic heterocycles. The van der Waals surface area contributed by atoms with Crippen LogP contribution in [0.3, 0.4) is 0 Å². The van der Waals surface area contributed by atoms with E-state index in [0.717, 1.165) is 10.5 Å². The summed E-state index contributed by atoms with van der Waals surface area (Å²) in [5, 5.41) is 2.13. The van der Waals surface area contributed by atoms with Crippen LogP contribution in [0.2, 0.25) is 0 Å². The predicted octanol–water partition coefficient (Wildman–Crippen LogP) is 2.84. The molecule has 0 aromatic carbocycles. The van der Waals surface area contributed by atoms with E-state index in [-0.39, 0.29) is 18.3 Å². The molecule has 1 aliphatic rings. The highest BCUT2D eigenvalue weighted by Gasteiger charge is 2.52. The summed E-state index contributed by atoms with van der Waals surface area (Å²) in [6.07, 6.45) is 4.08. The third-order valence-corrected chi connectivity index (χ3v) is 4.94. The highest BCUT2D eigenvalue weighted by molar-refractivity contribution is 7.21. The molecule has 3 heterocycles. The van der Waals surface area contributed by atoms with Gasteiger partial charge in [0.05, 0.1) is 16.9 Å². The van der Waals surface area contributed by atoms with Crippen molar-refractivity contribution in [3.63, 3.8) is 0 Å². The Morgan fingerprint density at radius 2 is 1.63 bits per heavy atom. The van der Waals surface area contributed by atoms with E-state index >= 15 is 0 Å². The first-order chi connectivity index (χ1) is 8.89. The summed E-state index contributed by atoms with van der Waals surface area (Å²) in [6.45, 7) is 8.31. The maximum absolute atomic E-state index is 6.06. The van der Waals surface area contributed by atoms with Crippen LogP contribution in [-0.4, -0.2) is 22.9 Å². The normalized spacial score (nSPS) is 20.9. The molecular formula is C14H18BNO2S. The molecule has 0 radical (unpaired) electrons. The predicted molar refractivity (Wildman–Crippen MR) is 79.4 cm³/mol. The fraction of sp³-hybridized carbons (Fsp3) is 0.429.